The van der Waals surface area contributed by atoms with E-state index >= 15 is 0 Å². The highest BCUT2D eigenvalue weighted by atomic mass is 32.2. The molecule has 21 heavy (non-hydrogen) atoms. The van der Waals surface area contributed by atoms with E-state index < -0.39 is 0 Å². The molecule has 0 aliphatic rings. The molecule has 1 atom stereocenters. The van der Waals surface area contributed by atoms with E-state index in [1.165, 1.54) is 9.71 Å². The zero-order valence-electron chi connectivity index (χ0n) is 12.4. The molecule has 2 heterocycles. The van der Waals surface area contributed by atoms with Gasteiger partial charge in [-0.15, -0.1) is 21.5 Å². The molecule has 0 aliphatic heterocycles. The predicted octanol–water partition coefficient (Wildman–Crippen LogP) is 4.19. The predicted molar refractivity (Wildman–Crippen MR) is 89.1 cm³/mol. The van der Waals surface area contributed by atoms with Gasteiger partial charge in [0.15, 0.2) is 5.16 Å². The minimum Gasteiger partial charge on any atom is -0.306 e. The van der Waals surface area contributed by atoms with E-state index in [1.807, 2.05) is 6.07 Å². The summed E-state index contributed by atoms with van der Waals surface area (Å²) in [5, 5.41) is 10.8. The third-order valence-electron chi connectivity index (χ3n) is 3.20. The Kier molecular flexibility index (Phi) is 4.26. The van der Waals surface area contributed by atoms with E-state index in [9.17, 15) is 0 Å². The normalized spacial score (nSPS) is 13.1. The minimum absolute atomic E-state index is 0.386. The fourth-order valence-corrected chi connectivity index (χ4v) is 4.42. The van der Waals surface area contributed by atoms with Crippen molar-refractivity contribution in [1.29, 1.82) is 0 Å². The molecule has 3 rings (SSSR count). The van der Waals surface area contributed by atoms with Crippen LogP contribution in [0.3, 0.4) is 0 Å². The van der Waals surface area contributed by atoms with Crippen LogP contribution in [-0.4, -0.2) is 25.0 Å². The summed E-state index contributed by atoms with van der Waals surface area (Å²) in [6, 6.07) is 8.69. The molecular formula is C15H18N4S2. The summed E-state index contributed by atoms with van der Waals surface area (Å²) in [6.07, 6.45) is 2.76. The smallest absolute Gasteiger partial charge is 0.191 e. The SMILES string of the molecule is CC(C)n1cnnc1S[C@H](C)Cc1nc2ccccc2s1. The van der Waals surface area contributed by atoms with Gasteiger partial charge < -0.3 is 4.57 Å². The third kappa shape index (κ3) is 3.27. The maximum Gasteiger partial charge on any atom is 0.191 e. The van der Waals surface area contributed by atoms with Crippen LogP contribution in [0, 0.1) is 0 Å². The molecule has 0 fully saturated rings. The molecule has 0 radical (unpaired) electrons. The monoisotopic (exact) mass is 318 g/mol. The zero-order chi connectivity index (χ0) is 14.8. The Morgan fingerprint density at radius 3 is 2.81 bits per heavy atom. The van der Waals surface area contributed by atoms with Gasteiger partial charge in [0.25, 0.3) is 0 Å². The van der Waals surface area contributed by atoms with Crippen LogP contribution >= 0.6 is 23.1 Å². The number of hydrogen-bond acceptors (Lipinski definition) is 5. The lowest BCUT2D eigenvalue weighted by molar-refractivity contribution is 0.548. The van der Waals surface area contributed by atoms with E-state index in [0.29, 0.717) is 11.3 Å². The van der Waals surface area contributed by atoms with Crippen molar-refractivity contribution < 1.29 is 0 Å². The first-order chi connectivity index (χ1) is 10.1. The third-order valence-corrected chi connectivity index (χ3v) is 5.33. The van der Waals surface area contributed by atoms with E-state index in [4.69, 9.17) is 4.98 Å². The summed E-state index contributed by atoms with van der Waals surface area (Å²) in [5.74, 6) is 0. The summed E-state index contributed by atoms with van der Waals surface area (Å²) < 4.78 is 3.37. The van der Waals surface area contributed by atoms with Crippen molar-refractivity contribution in [1.82, 2.24) is 19.7 Å². The van der Waals surface area contributed by atoms with Crippen LogP contribution in [0.4, 0.5) is 0 Å². The standard InChI is InChI=1S/C15H18N4S2/c1-10(2)19-9-16-18-15(19)20-11(3)8-14-17-12-6-4-5-7-13(12)21-14/h4-7,9-11H,8H2,1-3H3/t11-/m1/s1. The first kappa shape index (κ1) is 14.5. The van der Waals surface area contributed by atoms with Crippen molar-refractivity contribution in [3.63, 3.8) is 0 Å². The Labute approximate surface area is 132 Å². The lowest BCUT2D eigenvalue weighted by Gasteiger charge is -2.12. The highest BCUT2D eigenvalue weighted by Crippen LogP contribution is 2.28. The number of aromatic nitrogens is 4. The Morgan fingerprint density at radius 2 is 2.05 bits per heavy atom. The van der Waals surface area contributed by atoms with E-state index in [2.05, 4.69) is 53.7 Å². The van der Waals surface area contributed by atoms with Crippen molar-refractivity contribution in [2.75, 3.05) is 0 Å². The van der Waals surface area contributed by atoms with Crippen molar-refractivity contribution in [3.05, 3.63) is 35.6 Å². The van der Waals surface area contributed by atoms with Gasteiger partial charge in [0.1, 0.15) is 6.33 Å². The maximum absolute atomic E-state index is 4.70. The molecule has 0 amide bonds. The molecular weight excluding hydrogens is 300 g/mol. The first-order valence-electron chi connectivity index (χ1n) is 7.04. The molecule has 4 nitrogen and oxygen atoms in total. The number of rotatable bonds is 5. The summed E-state index contributed by atoms with van der Waals surface area (Å²) in [5.41, 5.74) is 1.10. The van der Waals surface area contributed by atoms with Gasteiger partial charge in [0, 0.05) is 17.7 Å². The van der Waals surface area contributed by atoms with Gasteiger partial charge in [-0.1, -0.05) is 30.8 Å². The summed E-state index contributed by atoms with van der Waals surface area (Å²) in [7, 11) is 0. The summed E-state index contributed by atoms with van der Waals surface area (Å²) in [4.78, 5) is 4.70. The van der Waals surface area contributed by atoms with Crippen molar-refractivity contribution in [2.24, 2.45) is 0 Å². The van der Waals surface area contributed by atoms with Gasteiger partial charge in [-0.05, 0) is 26.0 Å². The van der Waals surface area contributed by atoms with Crippen molar-refractivity contribution in [3.8, 4) is 0 Å². The van der Waals surface area contributed by atoms with Crippen LogP contribution in [-0.2, 0) is 6.42 Å². The molecule has 0 unspecified atom stereocenters. The quantitative estimate of drug-likeness (QED) is 0.662. The summed E-state index contributed by atoms with van der Waals surface area (Å²) >= 11 is 3.55. The van der Waals surface area contributed by atoms with Gasteiger partial charge in [-0.25, -0.2) is 4.98 Å². The van der Waals surface area contributed by atoms with Crippen molar-refractivity contribution >= 4 is 33.3 Å². The lowest BCUT2D eigenvalue weighted by Crippen LogP contribution is -2.06. The van der Waals surface area contributed by atoms with E-state index in [1.54, 1.807) is 29.4 Å². The largest absolute Gasteiger partial charge is 0.306 e. The van der Waals surface area contributed by atoms with Crippen molar-refractivity contribution in [2.45, 2.75) is 43.6 Å². The molecule has 0 saturated heterocycles. The number of nitrogens with zero attached hydrogens (tertiary/aromatic N) is 4. The molecule has 0 N–H and O–H groups in total. The second-order valence-corrected chi connectivity index (χ2v) is 7.84. The molecule has 1 aromatic carbocycles. The topological polar surface area (TPSA) is 43.6 Å². The minimum atomic E-state index is 0.386. The van der Waals surface area contributed by atoms with Crippen LogP contribution in [0.25, 0.3) is 10.2 Å². The second-order valence-electron chi connectivity index (χ2n) is 5.32. The van der Waals surface area contributed by atoms with Gasteiger partial charge in [-0.3, -0.25) is 0 Å². The summed E-state index contributed by atoms with van der Waals surface area (Å²) in [6.45, 7) is 6.51. The Bertz CT molecular complexity index is 699. The van der Waals surface area contributed by atoms with Crippen LogP contribution < -0.4 is 0 Å². The first-order valence-corrected chi connectivity index (χ1v) is 8.73. The Hall–Kier alpha value is -1.40. The molecule has 2 aromatic heterocycles. The number of thioether (sulfide) groups is 1. The van der Waals surface area contributed by atoms with Crippen LogP contribution in [0.1, 0.15) is 31.8 Å². The zero-order valence-corrected chi connectivity index (χ0v) is 14.0. The molecule has 6 heteroatoms. The van der Waals surface area contributed by atoms with Gasteiger partial charge in [0.2, 0.25) is 0 Å². The van der Waals surface area contributed by atoms with E-state index in [-0.39, 0.29) is 0 Å². The number of hydrogen-bond donors (Lipinski definition) is 0. The molecule has 0 bridgehead atoms. The molecule has 0 saturated carbocycles. The van der Waals surface area contributed by atoms with E-state index in [0.717, 1.165) is 17.1 Å². The lowest BCUT2D eigenvalue weighted by atomic mass is 10.3. The number of thiazole rings is 1. The highest BCUT2D eigenvalue weighted by molar-refractivity contribution is 7.99. The Morgan fingerprint density at radius 1 is 1.24 bits per heavy atom. The molecule has 110 valence electrons. The van der Waals surface area contributed by atoms with Gasteiger partial charge in [-0.2, -0.15) is 0 Å². The van der Waals surface area contributed by atoms with Crippen LogP contribution in [0.2, 0.25) is 0 Å². The van der Waals surface area contributed by atoms with Crippen LogP contribution in [0.5, 0.6) is 0 Å². The fourth-order valence-electron chi connectivity index (χ4n) is 2.15. The molecule has 3 aromatic rings. The average Bonchev–Trinajstić information content (AvgIpc) is 3.03. The Balaban J connectivity index is 1.71. The number of fused-ring (bicyclic) bond motifs is 1. The average molecular weight is 318 g/mol. The highest BCUT2D eigenvalue weighted by Gasteiger charge is 2.14. The van der Waals surface area contributed by atoms with Crippen LogP contribution in [0.15, 0.2) is 35.7 Å². The molecule has 0 aliphatic carbocycles. The fraction of sp³-hybridized carbons (Fsp3) is 0.400. The maximum atomic E-state index is 4.70. The molecule has 0 spiro atoms. The second kappa shape index (κ2) is 6.15. The van der Waals surface area contributed by atoms with Gasteiger partial charge in [0.05, 0.1) is 15.2 Å². The number of benzene rings is 1. The number of para-hydroxylation sites is 1. The van der Waals surface area contributed by atoms with Gasteiger partial charge >= 0.3 is 0 Å².